The molecule has 2 rings (SSSR count). The second-order valence-electron chi connectivity index (χ2n) is 3.68. The van der Waals surface area contributed by atoms with Crippen LogP contribution >= 0.6 is 11.3 Å². The predicted octanol–water partition coefficient (Wildman–Crippen LogP) is 3.86. The first kappa shape index (κ1) is 12.8. The molecule has 1 heterocycles. The first-order chi connectivity index (χ1) is 8.27. The maximum atomic E-state index is 13.2. The van der Waals surface area contributed by atoms with Gasteiger partial charge in [0.15, 0.2) is 5.13 Å². The van der Waals surface area contributed by atoms with Crippen LogP contribution in [0.2, 0.25) is 0 Å². The Morgan fingerprint density at radius 2 is 1.89 bits per heavy atom. The standard InChI is InChI=1S/C11H8F4N2S/c1-5-9(17-10(16)18-5)6-2-7(11(13,14)15)4-8(12)3-6/h2-4H,1H3,(H2,16,17). The molecule has 2 N–H and O–H groups in total. The van der Waals surface area contributed by atoms with Gasteiger partial charge in [0.05, 0.1) is 11.3 Å². The average Bonchev–Trinajstić information content (AvgIpc) is 2.55. The molecule has 2 nitrogen and oxygen atoms in total. The summed E-state index contributed by atoms with van der Waals surface area (Å²) in [6.45, 7) is 1.67. The van der Waals surface area contributed by atoms with Gasteiger partial charge in [-0.2, -0.15) is 13.2 Å². The maximum absolute atomic E-state index is 13.2. The van der Waals surface area contributed by atoms with Crippen molar-refractivity contribution in [2.75, 3.05) is 5.73 Å². The molecule has 0 saturated heterocycles. The molecule has 0 saturated carbocycles. The van der Waals surface area contributed by atoms with Crippen LogP contribution in [-0.4, -0.2) is 4.98 Å². The van der Waals surface area contributed by atoms with Crippen molar-refractivity contribution in [2.45, 2.75) is 13.1 Å². The van der Waals surface area contributed by atoms with E-state index in [0.717, 1.165) is 23.5 Å². The average molecular weight is 276 g/mol. The molecule has 0 atom stereocenters. The van der Waals surface area contributed by atoms with Crippen molar-refractivity contribution in [3.8, 4) is 11.3 Å². The van der Waals surface area contributed by atoms with Gasteiger partial charge in [0.1, 0.15) is 5.82 Å². The molecule has 0 unspecified atom stereocenters. The Kier molecular flexibility index (Phi) is 3.02. The summed E-state index contributed by atoms with van der Waals surface area (Å²) in [5.74, 6) is -0.953. The van der Waals surface area contributed by atoms with Crippen LogP contribution in [0.25, 0.3) is 11.3 Å². The van der Waals surface area contributed by atoms with E-state index in [4.69, 9.17) is 5.73 Å². The lowest BCUT2D eigenvalue weighted by molar-refractivity contribution is -0.137. The Balaban J connectivity index is 2.59. The van der Waals surface area contributed by atoms with Crippen LogP contribution in [0.5, 0.6) is 0 Å². The zero-order chi connectivity index (χ0) is 13.5. The van der Waals surface area contributed by atoms with Gasteiger partial charge in [0.2, 0.25) is 0 Å². The molecule has 0 aliphatic heterocycles. The van der Waals surface area contributed by atoms with Crippen LogP contribution in [0.1, 0.15) is 10.4 Å². The molecule has 2 aromatic rings. The lowest BCUT2D eigenvalue weighted by Gasteiger charge is -2.08. The quantitative estimate of drug-likeness (QED) is 0.803. The molecule has 96 valence electrons. The van der Waals surface area contributed by atoms with E-state index in [0.29, 0.717) is 10.9 Å². The van der Waals surface area contributed by atoms with Gasteiger partial charge in [-0.05, 0) is 25.1 Å². The molecule has 0 amide bonds. The fourth-order valence-electron chi connectivity index (χ4n) is 1.57. The number of nitrogens with zero attached hydrogens (tertiary/aromatic N) is 1. The summed E-state index contributed by atoms with van der Waals surface area (Å²) >= 11 is 1.15. The fourth-order valence-corrected chi connectivity index (χ4v) is 2.29. The van der Waals surface area contributed by atoms with Crippen LogP contribution in [0.15, 0.2) is 18.2 Å². The summed E-state index contributed by atoms with van der Waals surface area (Å²) < 4.78 is 50.9. The van der Waals surface area contributed by atoms with Gasteiger partial charge in [-0.3, -0.25) is 0 Å². The van der Waals surface area contributed by atoms with E-state index in [1.165, 1.54) is 0 Å². The van der Waals surface area contributed by atoms with Crippen LogP contribution in [0.4, 0.5) is 22.7 Å². The minimum atomic E-state index is -4.59. The Morgan fingerprint density at radius 1 is 1.22 bits per heavy atom. The number of alkyl halides is 3. The van der Waals surface area contributed by atoms with Crippen molar-refractivity contribution < 1.29 is 17.6 Å². The topological polar surface area (TPSA) is 38.9 Å². The normalized spacial score (nSPS) is 11.8. The third-order valence-electron chi connectivity index (χ3n) is 2.31. The number of anilines is 1. The largest absolute Gasteiger partial charge is 0.416 e. The van der Waals surface area contributed by atoms with E-state index in [9.17, 15) is 17.6 Å². The molecule has 1 aromatic heterocycles. The summed E-state index contributed by atoms with van der Waals surface area (Å²) in [6, 6.07) is 2.33. The predicted molar refractivity (Wildman–Crippen MR) is 61.7 cm³/mol. The summed E-state index contributed by atoms with van der Waals surface area (Å²) in [6.07, 6.45) is -4.59. The Bertz CT molecular complexity index is 589. The van der Waals surface area contributed by atoms with Crippen LogP contribution in [-0.2, 0) is 6.18 Å². The van der Waals surface area contributed by atoms with Crippen molar-refractivity contribution >= 4 is 16.5 Å². The van der Waals surface area contributed by atoms with Crippen molar-refractivity contribution in [3.05, 3.63) is 34.5 Å². The van der Waals surface area contributed by atoms with Gasteiger partial charge in [-0.25, -0.2) is 9.37 Å². The van der Waals surface area contributed by atoms with Gasteiger partial charge in [-0.1, -0.05) is 0 Å². The lowest BCUT2D eigenvalue weighted by Crippen LogP contribution is -2.05. The lowest BCUT2D eigenvalue weighted by atomic mass is 10.1. The Morgan fingerprint density at radius 3 is 2.39 bits per heavy atom. The summed E-state index contributed by atoms with van der Waals surface area (Å²) in [5.41, 5.74) is 4.79. The van der Waals surface area contributed by atoms with Crippen LogP contribution in [0.3, 0.4) is 0 Å². The number of halogens is 4. The van der Waals surface area contributed by atoms with E-state index in [1.807, 2.05) is 0 Å². The zero-order valence-corrected chi connectivity index (χ0v) is 9.99. The van der Waals surface area contributed by atoms with Crippen molar-refractivity contribution in [2.24, 2.45) is 0 Å². The first-order valence-corrected chi connectivity index (χ1v) is 5.70. The van der Waals surface area contributed by atoms with Crippen LogP contribution < -0.4 is 5.73 Å². The first-order valence-electron chi connectivity index (χ1n) is 4.88. The number of hydrogen-bond acceptors (Lipinski definition) is 3. The number of nitrogen functional groups attached to an aromatic ring is 1. The van der Waals surface area contributed by atoms with Gasteiger partial charge < -0.3 is 5.73 Å². The molecule has 0 aliphatic rings. The third-order valence-corrected chi connectivity index (χ3v) is 3.11. The van der Waals surface area contributed by atoms with Crippen molar-refractivity contribution in [1.82, 2.24) is 4.98 Å². The van der Waals surface area contributed by atoms with Crippen LogP contribution in [0, 0.1) is 12.7 Å². The van der Waals surface area contributed by atoms with Gasteiger partial charge in [0.25, 0.3) is 0 Å². The molecule has 18 heavy (non-hydrogen) atoms. The Labute approximate surface area is 104 Å². The molecule has 7 heteroatoms. The second kappa shape index (κ2) is 4.24. The number of nitrogens with two attached hydrogens (primary N) is 1. The third kappa shape index (κ3) is 2.45. The molecule has 0 aliphatic carbocycles. The van der Waals surface area contributed by atoms with E-state index < -0.39 is 17.6 Å². The highest BCUT2D eigenvalue weighted by molar-refractivity contribution is 7.15. The van der Waals surface area contributed by atoms with E-state index >= 15 is 0 Å². The SMILES string of the molecule is Cc1sc(N)nc1-c1cc(F)cc(C(F)(F)F)c1. The van der Waals surface area contributed by atoms with Gasteiger partial charge in [-0.15, -0.1) is 11.3 Å². The molecule has 0 bridgehead atoms. The molecule has 1 aromatic carbocycles. The number of hydrogen-bond donors (Lipinski definition) is 1. The maximum Gasteiger partial charge on any atom is 0.416 e. The highest BCUT2D eigenvalue weighted by Crippen LogP contribution is 2.35. The van der Waals surface area contributed by atoms with Gasteiger partial charge in [0, 0.05) is 10.4 Å². The highest BCUT2D eigenvalue weighted by atomic mass is 32.1. The minimum Gasteiger partial charge on any atom is -0.375 e. The van der Waals surface area contributed by atoms with Crippen molar-refractivity contribution in [3.63, 3.8) is 0 Å². The fraction of sp³-hybridized carbons (Fsp3) is 0.182. The Hall–Kier alpha value is -1.63. The van der Waals surface area contributed by atoms with Crippen molar-refractivity contribution in [1.29, 1.82) is 0 Å². The number of rotatable bonds is 1. The molecule has 0 fully saturated rings. The highest BCUT2D eigenvalue weighted by Gasteiger charge is 2.31. The van der Waals surface area contributed by atoms with E-state index in [1.54, 1.807) is 6.92 Å². The van der Waals surface area contributed by atoms with E-state index in [-0.39, 0.29) is 16.4 Å². The zero-order valence-electron chi connectivity index (χ0n) is 9.18. The molecular weight excluding hydrogens is 268 g/mol. The number of aryl methyl sites for hydroxylation is 1. The second-order valence-corrected chi connectivity index (χ2v) is 4.92. The number of aromatic nitrogens is 1. The van der Waals surface area contributed by atoms with Gasteiger partial charge >= 0.3 is 6.18 Å². The molecule has 0 radical (unpaired) electrons. The number of benzene rings is 1. The smallest absolute Gasteiger partial charge is 0.375 e. The molecular formula is C11H8F4N2S. The monoisotopic (exact) mass is 276 g/mol. The summed E-state index contributed by atoms with van der Waals surface area (Å²) in [7, 11) is 0. The summed E-state index contributed by atoms with van der Waals surface area (Å²) in [5, 5.41) is 0.236. The minimum absolute atomic E-state index is 0.0766. The number of thiazole rings is 1. The summed E-state index contributed by atoms with van der Waals surface area (Å²) in [4.78, 5) is 4.55. The molecule has 0 spiro atoms. The van der Waals surface area contributed by atoms with E-state index in [2.05, 4.69) is 4.98 Å².